The van der Waals surface area contributed by atoms with Crippen molar-refractivity contribution in [1.29, 1.82) is 0 Å². The third-order valence-corrected chi connectivity index (χ3v) is 4.92. The summed E-state index contributed by atoms with van der Waals surface area (Å²) in [6.45, 7) is 16.5. The summed E-state index contributed by atoms with van der Waals surface area (Å²) >= 11 is 0. The van der Waals surface area contributed by atoms with Gasteiger partial charge in [0, 0.05) is 25.6 Å². The Balaban J connectivity index is 1.67. The van der Waals surface area contributed by atoms with Crippen molar-refractivity contribution in [3.63, 3.8) is 0 Å². The Labute approximate surface area is 125 Å². The van der Waals surface area contributed by atoms with Crippen molar-refractivity contribution in [3.8, 4) is 11.8 Å². The van der Waals surface area contributed by atoms with Crippen LogP contribution in [0.1, 0.15) is 47.0 Å². The van der Waals surface area contributed by atoms with Gasteiger partial charge in [-0.3, -0.25) is 4.90 Å². The minimum atomic E-state index is 0.558. The summed E-state index contributed by atoms with van der Waals surface area (Å²) in [4.78, 5) is 5.19. The molecular formula is C18H32N2. The molecule has 1 atom stereocenters. The van der Waals surface area contributed by atoms with E-state index in [1.54, 1.807) is 0 Å². The third kappa shape index (κ3) is 4.24. The predicted molar refractivity (Wildman–Crippen MR) is 86.6 cm³/mol. The highest BCUT2D eigenvalue weighted by molar-refractivity contribution is 5.05. The van der Waals surface area contributed by atoms with Gasteiger partial charge in [-0.05, 0) is 43.7 Å². The van der Waals surface area contributed by atoms with Crippen molar-refractivity contribution in [1.82, 2.24) is 9.80 Å². The lowest BCUT2D eigenvalue weighted by atomic mass is 9.72. The maximum Gasteiger partial charge on any atom is 0.0601 e. The molecule has 0 N–H and O–H groups in total. The van der Waals surface area contributed by atoms with Crippen LogP contribution in [0.25, 0.3) is 0 Å². The molecule has 0 amide bonds. The predicted octanol–water partition coefficient (Wildman–Crippen LogP) is 3.09. The van der Waals surface area contributed by atoms with Gasteiger partial charge in [-0.25, -0.2) is 0 Å². The maximum absolute atomic E-state index is 3.37. The van der Waals surface area contributed by atoms with Gasteiger partial charge in [0.2, 0.25) is 0 Å². The Morgan fingerprint density at radius 2 is 1.70 bits per heavy atom. The average molecular weight is 276 g/mol. The molecule has 2 heteroatoms. The highest BCUT2D eigenvalue weighted by Gasteiger charge is 2.44. The Morgan fingerprint density at radius 1 is 1.05 bits per heavy atom. The topological polar surface area (TPSA) is 6.48 Å². The first kappa shape index (κ1) is 15.9. The molecule has 2 heterocycles. The molecule has 0 aromatic carbocycles. The molecule has 2 saturated heterocycles. The summed E-state index contributed by atoms with van der Waals surface area (Å²) in [6, 6.07) is 0. The smallest absolute Gasteiger partial charge is 0.0601 e. The zero-order valence-corrected chi connectivity index (χ0v) is 13.9. The number of hydrogen-bond donors (Lipinski definition) is 0. The molecule has 114 valence electrons. The zero-order valence-electron chi connectivity index (χ0n) is 13.9. The summed E-state index contributed by atoms with van der Waals surface area (Å²) in [7, 11) is 0. The number of nitrogens with zero attached hydrogens (tertiary/aromatic N) is 2. The largest absolute Gasteiger partial charge is 0.302 e. The first-order valence-electron chi connectivity index (χ1n) is 8.46. The number of hydrogen-bond acceptors (Lipinski definition) is 2. The number of likely N-dealkylation sites (tertiary alicyclic amines) is 2. The van der Waals surface area contributed by atoms with Crippen LogP contribution >= 0.6 is 0 Å². The fourth-order valence-corrected chi connectivity index (χ4v) is 3.48. The van der Waals surface area contributed by atoms with E-state index in [0.717, 1.165) is 12.5 Å². The van der Waals surface area contributed by atoms with Gasteiger partial charge in [-0.1, -0.05) is 39.5 Å². The van der Waals surface area contributed by atoms with E-state index in [4.69, 9.17) is 0 Å². The minimum absolute atomic E-state index is 0.558. The zero-order chi connectivity index (χ0) is 14.6. The molecule has 2 nitrogen and oxygen atoms in total. The van der Waals surface area contributed by atoms with E-state index in [2.05, 4.69) is 49.3 Å². The lowest BCUT2D eigenvalue weighted by Gasteiger charge is -2.54. The fourth-order valence-electron chi connectivity index (χ4n) is 3.48. The van der Waals surface area contributed by atoms with Crippen LogP contribution in [0.15, 0.2) is 0 Å². The molecule has 0 aromatic rings. The molecule has 2 aliphatic rings. The van der Waals surface area contributed by atoms with Gasteiger partial charge in [0.15, 0.2) is 0 Å². The van der Waals surface area contributed by atoms with Crippen LogP contribution in [0.3, 0.4) is 0 Å². The highest BCUT2D eigenvalue weighted by Crippen LogP contribution is 2.40. The molecule has 0 aliphatic carbocycles. The van der Waals surface area contributed by atoms with Crippen LogP contribution in [0, 0.1) is 29.1 Å². The van der Waals surface area contributed by atoms with Gasteiger partial charge < -0.3 is 4.90 Å². The van der Waals surface area contributed by atoms with Crippen LogP contribution in [-0.4, -0.2) is 49.1 Å². The normalized spacial score (nSPS) is 24.2. The van der Waals surface area contributed by atoms with Gasteiger partial charge in [0.05, 0.1) is 6.54 Å². The van der Waals surface area contributed by atoms with E-state index in [1.165, 1.54) is 52.0 Å². The molecule has 20 heavy (non-hydrogen) atoms. The summed E-state index contributed by atoms with van der Waals surface area (Å²) in [5, 5.41) is 0. The standard InChI is InChI=1S/C18H32N2/c1-5-17(4)7-6-10-19-11-8-18(9-12-19)14-20(15-18)13-16(2)3/h16-17H,5,8-15H2,1-4H3. The lowest BCUT2D eigenvalue weighted by molar-refractivity contribution is -0.0492. The van der Waals surface area contributed by atoms with E-state index in [0.29, 0.717) is 11.3 Å². The quantitative estimate of drug-likeness (QED) is 0.728. The number of rotatable bonds is 4. The van der Waals surface area contributed by atoms with Crippen molar-refractivity contribution in [2.24, 2.45) is 17.3 Å². The molecule has 0 aromatic heterocycles. The van der Waals surface area contributed by atoms with E-state index in [-0.39, 0.29) is 0 Å². The van der Waals surface area contributed by atoms with Gasteiger partial charge in [0.1, 0.15) is 0 Å². The Hall–Kier alpha value is -0.520. The molecule has 0 saturated carbocycles. The SMILES string of the molecule is CCC(C)C#CCN1CCC2(CC1)CN(CC(C)C)C2. The summed E-state index contributed by atoms with van der Waals surface area (Å²) in [5.74, 6) is 8.09. The third-order valence-electron chi connectivity index (χ3n) is 4.92. The second-order valence-electron chi connectivity index (χ2n) is 7.47. The van der Waals surface area contributed by atoms with Crippen LogP contribution in [0.4, 0.5) is 0 Å². The minimum Gasteiger partial charge on any atom is -0.302 e. The van der Waals surface area contributed by atoms with Crippen LogP contribution < -0.4 is 0 Å². The van der Waals surface area contributed by atoms with Crippen LogP contribution in [0.2, 0.25) is 0 Å². The molecule has 1 spiro atoms. The van der Waals surface area contributed by atoms with Gasteiger partial charge >= 0.3 is 0 Å². The van der Waals surface area contributed by atoms with Crippen LogP contribution in [-0.2, 0) is 0 Å². The Morgan fingerprint density at radius 3 is 2.25 bits per heavy atom. The van der Waals surface area contributed by atoms with E-state index >= 15 is 0 Å². The highest BCUT2D eigenvalue weighted by atomic mass is 15.2. The first-order chi connectivity index (χ1) is 9.53. The van der Waals surface area contributed by atoms with E-state index in [9.17, 15) is 0 Å². The monoisotopic (exact) mass is 276 g/mol. The summed E-state index contributed by atoms with van der Waals surface area (Å²) in [6.07, 6.45) is 3.93. The number of piperidine rings is 1. The second-order valence-corrected chi connectivity index (χ2v) is 7.47. The van der Waals surface area contributed by atoms with Crippen molar-refractivity contribution in [3.05, 3.63) is 0 Å². The molecule has 0 bridgehead atoms. The van der Waals surface area contributed by atoms with E-state index < -0.39 is 0 Å². The maximum atomic E-state index is 3.37. The van der Waals surface area contributed by atoms with Gasteiger partial charge in [0.25, 0.3) is 0 Å². The van der Waals surface area contributed by atoms with Gasteiger partial charge in [-0.2, -0.15) is 0 Å². The Bertz CT molecular complexity index is 347. The molecule has 2 aliphatic heterocycles. The molecule has 2 fully saturated rings. The summed E-state index contributed by atoms with van der Waals surface area (Å²) in [5.41, 5.74) is 0.662. The van der Waals surface area contributed by atoms with Crippen molar-refractivity contribution in [2.45, 2.75) is 47.0 Å². The van der Waals surface area contributed by atoms with Crippen molar-refractivity contribution in [2.75, 3.05) is 39.3 Å². The van der Waals surface area contributed by atoms with E-state index in [1.807, 2.05) is 0 Å². The lowest BCUT2D eigenvalue weighted by Crippen LogP contribution is -2.60. The summed E-state index contributed by atoms with van der Waals surface area (Å²) < 4.78 is 0. The first-order valence-corrected chi connectivity index (χ1v) is 8.46. The second kappa shape index (κ2) is 6.96. The fraction of sp³-hybridized carbons (Fsp3) is 0.889. The Kier molecular flexibility index (Phi) is 5.52. The van der Waals surface area contributed by atoms with Crippen molar-refractivity contribution >= 4 is 0 Å². The van der Waals surface area contributed by atoms with Gasteiger partial charge in [-0.15, -0.1) is 0 Å². The molecule has 1 unspecified atom stereocenters. The average Bonchev–Trinajstić information content (AvgIpc) is 2.38. The van der Waals surface area contributed by atoms with Crippen molar-refractivity contribution < 1.29 is 0 Å². The molecular weight excluding hydrogens is 244 g/mol. The van der Waals surface area contributed by atoms with Crippen LogP contribution in [0.5, 0.6) is 0 Å². The molecule has 2 rings (SSSR count). The molecule has 0 radical (unpaired) electrons.